The zero-order valence-electron chi connectivity index (χ0n) is 19.1. The summed E-state index contributed by atoms with van der Waals surface area (Å²) >= 11 is 0. The molecule has 0 spiro atoms. The molecule has 0 N–H and O–H groups in total. The van der Waals surface area contributed by atoms with Crippen molar-refractivity contribution >= 4 is 31.4 Å². The molecule has 0 aliphatic rings. The molecule has 0 radical (unpaired) electrons. The molecule has 0 amide bonds. The molecular weight excluding hydrogens is 420 g/mol. The number of hydrogen-bond acceptors (Lipinski definition) is 6. The van der Waals surface area contributed by atoms with Gasteiger partial charge in [0, 0.05) is 17.4 Å². The van der Waals surface area contributed by atoms with Crippen molar-refractivity contribution in [2.75, 3.05) is 13.2 Å². The first-order valence-corrected chi connectivity index (χ1v) is 13.9. The van der Waals surface area contributed by atoms with Crippen LogP contribution >= 0.6 is 0 Å². The molecule has 1 aromatic carbocycles. The molecule has 6 nitrogen and oxygen atoms in total. The van der Waals surface area contributed by atoms with Gasteiger partial charge in [-0.15, -0.1) is 0 Å². The van der Waals surface area contributed by atoms with E-state index in [0.29, 0.717) is 6.04 Å². The Morgan fingerprint density at radius 1 is 1.06 bits per heavy atom. The average Bonchev–Trinajstić information content (AvgIpc) is 2.79. The van der Waals surface area contributed by atoms with E-state index in [0.717, 1.165) is 10.9 Å². The summed E-state index contributed by atoms with van der Waals surface area (Å²) in [4.78, 5) is 30.7. The molecule has 2 aromatic rings. The number of hydrogen-bond donors (Lipinski definition) is 0. The maximum atomic E-state index is 13.1. The molecule has 1 heterocycles. The lowest BCUT2D eigenvalue weighted by Gasteiger charge is -2.33. The van der Waals surface area contributed by atoms with E-state index in [-0.39, 0.29) is 13.2 Å². The minimum atomic E-state index is -2.27. The van der Waals surface area contributed by atoms with Crippen molar-refractivity contribution in [3.8, 4) is 6.07 Å². The van der Waals surface area contributed by atoms with Crippen LogP contribution in [0, 0.1) is 22.7 Å². The lowest BCUT2D eigenvalue weighted by Crippen LogP contribution is -2.52. The number of nitrogens with zero attached hydrogens (tertiary/aromatic N) is 2. The SMILES string of the molecule is CCOC(=O)C(C#N)(C(=O)OCC)C(/C=C/c1ccccc1)C[Si](C)(C)c1ccccn1. The maximum Gasteiger partial charge on any atom is 0.338 e. The van der Waals surface area contributed by atoms with E-state index < -0.39 is 31.3 Å². The fourth-order valence-electron chi connectivity index (χ4n) is 3.62. The van der Waals surface area contributed by atoms with Gasteiger partial charge in [-0.25, -0.2) is 9.59 Å². The third-order valence-electron chi connectivity index (χ3n) is 5.34. The summed E-state index contributed by atoms with van der Waals surface area (Å²) in [6.45, 7) is 7.61. The predicted molar refractivity (Wildman–Crippen MR) is 126 cm³/mol. The molecule has 7 heteroatoms. The van der Waals surface area contributed by atoms with E-state index in [1.807, 2.05) is 60.7 Å². The molecule has 168 valence electrons. The minimum Gasteiger partial charge on any atom is -0.464 e. The Labute approximate surface area is 190 Å². The van der Waals surface area contributed by atoms with Crippen molar-refractivity contribution in [2.45, 2.75) is 33.0 Å². The summed E-state index contributed by atoms with van der Waals surface area (Å²) in [6.07, 6.45) is 5.33. The number of esters is 2. The van der Waals surface area contributed by atoms with Gasteiger partial charge in [-0.3, -0.25) is 4.98 Å². The lowest BCUT2D eigenvalue weighted by molar-refractivity contribution is -0.169. The highest BCUT2D eigenvalue weighted by atomic mass is 28.3. The molecule has 0 fully saturated rings. The van der Waals surface area contributed by atoms with Crippen molar-refractivity contribution < 1.29 is 19.1 Å². The Hall–Kier alpha value is -3.24. The van der Waals surface area contributed by atoms with Gasteiger partial charge >= 0.3 is 11.9 Å². The summed E-state index contributed by atoms with van der Waals surface area (Å²) in [5, 5.41) is 11.1. The van der Waals surface area contributed by atoms with Gasteiger partial charge in [-0.1, -0.05) is 61.6 Å². The van der Waals surface area contributed by atoms with Crippen LogP contribution in [0.25, 0.3) is 6.08 Å². The van der Waals surface area contributed by atoms with Crippen LogP contribution in [-0.2, 0) is 19.1 Å². The maximum absolute atomic E-state index is 13.1. The number of allylic oxidation sites excluding steroid dienone is 1. The van der Waals surface area contributed by atoms with Gasteiger partial charge in [0.2, 0.25) is 0 Å². The van der Waals surface area contributed by atoms with Gasteiger partial charge in [0.15, 0.2) is 0 Å². The first kappa shape index (κ1) is 25.0. The van der Waals surface area contributed by atoms with E-state index in [2.05, 4.69) is 18.1 Å². The van der Waals surface area contributed by atoms with E-state index in [1.54, 1.807) is 26.1 Å². The zero-order chi connectivity index (χ0) is 23.6. The van der Waals surface area contributed by atoms with Crippen LogP contribution in [0.5, 0.6) is 0 Å². The van der Waals surface area contributed by atoms with Crippen LogP contribution in [0.3, 0.4) is 0 Å². The van der Waals surface area contributed by atoms with Gasteiger partial charge in [-0.2, -0.15) is 5.26 Å². The number of nitriles is 1. The number of carbonyl (C=O) groups excluding carboxylic acids is 2. The molecule has 0 saturated heterocycles. The monoisotopic (exact) mass is 450 g/mol. The van der Waals surface area contributed by atoms with Crippen LogP contribution in [0.15, 0.2) is 60.8 Å². The van der Waals surface area contributed by atoms with Crippen molar-refractivity contribution in [3.63, 3.8) is 0 Å². The van der Waals surface area contributed by atoms with Crippen LogP contribution in [0.2, 0.25) is 19.1 Å². The number of aromatic nitrogens is 1. The normalized spacial score (nSPS) is 12.7. The zero-order valence-corrected chi connectivity index (χ0v) is 20.1. The standard InChI is InChI=1S/C25H30N2O4Si/c1-5-30-23(28)25(19-26,24(29)31-6-2)21(16-15-20-12-8-7-9-13-20)18-32(3,4)22-14-10-11-17-27-22/h7-17,21H,5-6,18H2,1-4H3/b16-15+. The first-order valence-electron chi connectivity index (χ1n) is 10.7. The quantitative estimate of drug-likeness (QED) is 0.309. The van der Waals surface area contributed by atoms with Crippen molar-refractivity contribution in [2.24, 2.45) is 11.3 Å². The van der Waals surface area contributed by atoms with Crippen molar-refractivity contribution in [3.05, 3.63) is 66.4 Å². The molecule has 1 aromatic heterocycles. The molecule has 0 saturated carbocycles. The van der Waals surface area contributed by atoms with Crippen molar-refractivity contribution in [1.82, 2.24) is 4.98 Å². The molecule has 0 bridgehead atoms. The van der Waals surface area contributed by atoms with Crippen LogP contribution < -0.4 is 5.32 Å². The van der Waals surface area contributed by atoms with Gasteiger partial charge in [0.1, 0.15) is 8.07 Å². The molecule has 32 heavy (non-hydrogen) atoms. The fourth-order valence-corrected chi connectivity index (χ4v) is 6.35. The number of benzene rings is 1. The van der Waals surface area contributed by atoms with Crippen LogP contribution in [-0.4, -0.2) is 38.2 Å². The molecular formula is C25H30N2O4Si. The lowest BCUT2D eigenvalue weighted by atomic mass is 9.76. The van der Waals surface area contributed by atoms with Crippen LogP contribution in [0.1, 0.15) is 19.4 Å². The summed E-state index contributed by atoms with van der Waals surface area (Å²) in [6, 6.07) is 17.7. The second-order valence-electron chi connectivity index (χ2n) is 8.04. The number of ether oxygens (including phenoxy) is 2. The highest BCUT2D eigenvalue weighted by Gasteiger charge is 2.56. The van der Waals surface area contributed by atoms with E-state index in [4.69, 9.17) is 9.47 Å². The summed E-state index contributed by atoms with van der Waals surface area (Å²) in [5.74, 6) is -2.52. The van der Waals surface area contributed by atoms with Gasteiger partial charge < -0.3 is 9.47 Å². The Morgan fingerprint density at radius 3 is 2.16 bits per heavy atom. The van der Waals surface area contributed by atoms with E-state index in [9.17, 15) is 14.9 Å². The van der Waals surface area contributed by atoms with Gasteiger partial charge in [0.25, 0.3) is 5.41 Å². The Balaban J connectivity index is 2.61. The second kappa shape index (κ2) is 11.4. The number of rotatable bonds is 10. The van der Waals surface area contributed by atoms with Crippen LogP contribution in [0.4, 0.5) is 0 Å². The first-order chi connectivity index (χ1) is 15.3. The topological polar surface area (TPSA) is 89.3 Å². The largest absolute Gasteiger partial charge is 0.464 e. The Morgan fingerprint density at radius 2 is 1.66 bits per heavy atom. The van der Waals surface area contributed by atoms with E-state index in [1.165, 1.54) is 0 Å². The predicted octanol–water partition coefficient (Wildman–Crippen LogP) is 3.96. The molecule has 0 aliphatic carbocycles. The van der Waals surface area contributed by atoms with Gasteiger partial charge in [0.05, 0.1) is 19.3 Å². The smallest absolute Gasteiger partial charge is 0.338 e. The second-order valence-corrected chi connectivity index (χ2v) is 12.7. The summed E-state index contributed by atoms with van der Waals surface area (Å²) in [5.41, 5.74) is -1.20. The average molecular weight is 451 g/mol. The molecule has 1 atom stereocenters. The third kappa shape index (κ3) is 5.71. The highest BCUT2D eigenvalue weighted by Crippen LogP contribution is 2.38. The van der Waals surface area contributed by atoms with Gasteiger partial charge in [-0.05, 0) is 37.6 Å². The van der Waals surface area contributed by atoms with E-state index >= 15 is 0 Å². The fraction of sp³-hybridized carbons (Fsp3) is 0.360. The third-order valence-corrected chi connectivity index (χ3v) is 8.48. The minimum absolute atomic E-state index is 0.0534. The molecule has 0 aliphatic heterocycles. The molecule has 1 unspecified atom stereocenters. The Bertz CT molecular complexity index is 950. The number of carbonyl (C=O) groups is 2. The molecule has 2 rings (SSSR count). The summed E-state index contributed by atoms with van der Waals surface area (Å²) < 4.78 is 10.4. The summed E-state index contributed by atoms with van der Waals surface area (Å²) in [7, 11) is -2.27. The highest BCUT2D eigenvalue weighted by molar-refractivity contribution is 6.89. The van der Waals surface area contributed by atoms with Crippen molar-refractivity contribution in [1.29, 1.82) is 5.26 Å². The Kier molecular flexibility index (Phi) is 8.91. The number of pyridine rings is 1.